The van der Waals surface area contributed by atoms with E-state index in [1.165, 1.54) is 17.1 Å². The van der Waals surface area contributed by atoms with Gasteiger partial charge in [-0.2, -0.15) is 0 Å². The number of hydrogen-bond acceptors (Lipinski definition) is 5. The molecular formula is C8H10N4O5. The van der Waals surface area contributed by atoms with E-state index in [9.17, 15) is 14.4 Å². The molecule has 0 unspecified atom stereocenters. The van der Waals surface area contributed by atoms with Gasteiger partial charge in [0.05, 0.1) is 12.6 Å². The van der Waals surface area contributed by atoms with Gasteiger partial charge in [0, 0.05) is 6.20 Å². The lowest BCUT2D eigenvalue weighted by atomic mass is 10.2. The SMILES string of the molecule is O=C(O)C[C@H](NC(=O)Cn1ccnn1)C(=O)O. The highest BCUT2D eigenvalue weighted by atomic mass is 16.4. The first-order valence-electron chi connectivity index (χ1n) is 4.57. The molecule has 0 saturated heterocycles. The summed E-state index contributed by atoms with van der Waals surface area (Å²) in [7, 11) is 0. The molecule has 1 aromatic rings. The van der Waals surface area contributed by atoms with E-state index in [0.717, 1.165) is 0 Å². The zero-order valence-electron chi connectivity index (χ0n) is 8.61. The molecule has 9 heteroatoms. The van der Waals surface area contributed by atoms with E-state index in [1.807, 2.05) is 0 Å². The molecule has 0 aromatic carbocycles. The number of nitrogens with zero attached hydrogens (tertiary/aromatic N) is 3. The molecule has 0 bridgehead atoms. The van der Waals surface area contributed by atoms with Crippen LogP contribution in [-0.4, -0.2) is 49.1 Å². The largest absolute Gasteiger partial charge is 0.481 e. The topological polar surface area (TPSA) is 134 Å². The van der Waals surface area contributed by atoms with E-state index in [0.29, 0.717) is 0 Å². The Morgan fingerprint density at radius 2 is 2.06 bits per heavy atom. The summed E-state index contributed by atoms with van der Waals surface area (Å²) in [5, 5.41) is 26.2. The molecule has 92 valence electrons. The number of nitrogens with one attached hydrogen (secondary N) is 1. The second-order valence-electron chi connectivity index (χ2n) is 3.16. The second kappa shape index (κ2) is 5.58. The first kappa shape index (κ1) is 12.6. The van der Waals surface area contributed by atoms with Crippen LogP contribution in [0, 0.1) is 0 Å². The van der Waals surface area contributed by atoms with Crippen LogP contribution < -0.4 is 5.32 Å². The lowest BCUT2D eigenvalue weighted by Gasteiger charge is -2.11. The van der Waals surface area contributed by atoms with Crippen LogP contribution >= 0.6 is 0 Å². The number of rotatable bonds is 6. The molecule has 0 spiro atoms. The Morgan fingerprint density at radius 1 is 1.35 bits per heavy atom. The molecule has 1 rings (SSSR count). The van der Waals surface area contributed by atoms with E-state index >= 15 is 0 Å². The minimum atomic E-state index is -1.46. The Labute approximate surface area is 95.0 Å². The third kappa shape index (κ3) is 4.28. The number of amides is 1. The van der Waals surface area contributed by atoms with Crippen LogP contribution in [0.5, 0.6) is 0 Å². The van der Waals surface area contributed by atoms with Gasteiger partial charge in [0.1, 0.15) is 12.6 Å². The van der Waals surface area contributed by atoms with E-state index in [1.54, 1.807) is 0 Å². The normalized spacial score (nSPS) is 11.8. The van der Waals surface area contributed by atoms with Gasteiger partial charge in [-0.3, -0.25) is 9.59 Å². The van der Waals surface area contributed by atoms with Gasteiger partial charge in [-0.1, -0.05) is 5.21 Å². The Bertz CT molecular complexity index is 416. The van der Waals surface area contributed by atoms with Gasteiger partial charge in [0.25, 0.3) is 0 Å². The summed E-state index contributed by atoms with van der Waals surface area (Å²) < 4.78 is 1.19. The van der Waals surface area contributed by atoms with Crippen molar-refractivity contribution in [2.45, 2.75) is 19.0 Å². The average Bonchev–Trinajstić information content (AvgIpc) is 2.68. The summed E-state index contributed by atoms with van der Waals surface area (Å²) in [6.45, 7) is -0.219. The first-order valence-corrected chi connectivity index (χ1v) is 4.57. The monoisotopic (exact) mass is 242 g/mol. The molecule has 1 atom stereocenters. The van der Waals surface area contributed by atoms with Gasteiger partial charge in [0.2, 0.25) is 5.91 Å². The third-order valence-electron chi connectivity index (χ3n) is 1.79. The molecule has 0 fully saturated rings. The highest BCUT2D eigenvalue weighted by Crippen LogP contribution is 1.93. The smallest absolute Gasteiger partial charge is 0.326 e. The Balaban J connectivity index is 2.52. The van der Waals surface area contributed by atoms with Crippen LogP contribution in [0.3, 0.4) is 0 Å². The molecule has 1 heterocycles. The summed E-state index contributed by atoms with van der Waals surface area (Å²) in [6, 6.07) is -1.46. The average molecular weight is 242 g/mol. The van der Waals surface area contributed by atoms with Crippen molar-refractivity contribution in [3.05, 3.63) is 12.4 Å². The van der Waals surface area contributed by atoms with Crippen molar-refractivity contribution in [2.24, 2.45) is 0 Å². The molecule has 0 aliphatic heterocycles. The number of carbonyl (C=O) groups excluding carboxylic acids is 1. The highest BCUT2D eigenvalue weighted by Gasteiger charge is 2.22. The van der Waals surface area contributed by atoms with Crippen LogP contribution in [0.2, 0.25) is 0 Å². The van der Waals surface area contributed by atoms with Crippen molar-refractivity contribution >= 4 is 17.8 Å². The Kier molecular flexibility index (Phi) is 4.14. The maximum atomic E-state index is 11.4. The van der Waals surface area contributed by atoms with Crippen molar-refractivity contribution in [3.8, 4) is 0 Å². The van der Waals surface area contributed by atoms with Crippen molar-refractivity contribution in [1.82, 2.24) is 20.3 Å². The second-order valence-corrected chi connectivity index (χ2v) is 3.16. The van der Waals surface area contributed by atoms with Gasteiger partial charge in [0.15, 0.2) is 0 Å². The van der Waals surface area contributed by atoms with Crippen molar-refractivity contribution in [3.63, 3.8) is 0 Å². The van der Waals surface area contributed by atoms with Crippen LogP contribution in [0.25, 0.3) is 0 Å². The van der Waals surface area contributed by atoms with Crippen LogP contribution in [-0.2, 0) is 20.9 Å². The molecule has 1 amide bonds. The van der Waals surface area contributed by atoms with Crippen molar-refractivity contribution < 1.29 is 24.6 Å². The number of hydrogen-bond donors (Lipinski definition) is 3. The Morgan fingerprint density at radius 3 is 2.53 bits per heavy atom. The van der Waals surface area contributed by atoms with Crippen LogP contribution in [0.1, 0.15) is 6.42 Å². The zero-order valence-corrected chi connectivity index (χ0v) is 8.61. The van der Waals surface area contributed by atoms with Crippen molar-refractivity contribution in [1.29, 1.82) is 0 Å². The number of carboxylic acid groups (broad SMARTS) is 2. The van der Waals surface area contributed by atoms with E-state index < -0.39 is 30.3 Å². The lowest BCUT2D eigenvalue weighted by Crippen LogP contribution is -2.43. The van der Waals surface area contributed by atoms with Gasteiger partial charge in [-0.25, -0.2) is 9.48 Å². The van der Waals surface area contributed by atoms with Gasteiger partial charge in [-0.05, 0) is 0 Å². The van der Waals surface area contributed by atoms with Crippen LogP contribution in [0.4, 0.5) is 0 Å². The maximum Gasteiger partial charge on any atom is 0.326 e. The third-order valence-corrected chi connectivity index (χ3v) is 1.79. The van der Waals surface area contributed by atoms with E-state index in [4.69, 9.17) is 10.2 Å². The molecule has 0 saturated carbocycles. The summed E-state index contributed by atoms with van der Waals surface area (Å²) in [5.41, 5.74) is 0. The van der Waals surface area contributed by atoms with Gasteiger partial charge < -0.3 is 15.5 Å². The molecule has 0 aliphatic rings. The number of aromatic nitrogens is 3. The summed E-state index contributed by atoms with van der Waals surface area (Å²) in [6.07, 6.45) is 2.10. The highest BCUT2D eigenvalue weighted by molar-refractivity contribution is 5.86. The quantitative estimate of drug-likeness (QED) is 0.542. The minimum Gasteiger partial charge on any atom is -0.481 e. The molecule has 9 nitrogen and oxygen atoms in total. The van der Waals surface area contributed by atoms with Crippen LogP contribution in [0.15, 0.2) is 12.4 Å². The van der Waals surface area contributed by atoms with Gasteiger partial charge in [-0.15, -0.1) is 5.10 Å². The standard InChI is InChI=1S/C8H10N4O5/c13-6(4-12-2-1-9-11-12)10-5(8(16)17)3-7(14)15/h1-2,5H,3-4H2,(H,10,13)(H,14,15)(H,16,17)/t5-/m0/s1. The number of carboxylic acids is 2. The molecule has 0 radical (unpaired) electrons. The lowest BCUT2D eigenvalue weighted by molar-refractivity contribution is -0.147. The predicted octanol–water partition coefficient (Wildman–Crippen LogP) is -1.68. The number of carbonyl (C=O) groups is 3. The Hall–Kier alpha value is -2.45. The van der Waals surface area contributed by atoms with E-state index in [2.05, 4.69) is 15.6 Å². The fourth-order valence-corrected chi connectivity index (χ4v) is 1.08. The zero-order chi connectivity index (χ0) is 12.8. The van der Waals surface area contributed by atoms with Crippen molar-refractivity contribution in [2.75, 3.05) is 0 Å². The molecule has 17 heavy (non-hydrogen) atoms. The molecule has 0 aliphatic carbocycles. The van der Waals surface area contributed by atoms with E-state index in [-0.39, 0.29) is 6.54 Å². The summed E-state index contributed by atoms with van der Waals surface area (Å²) in [5.74, 6) is -3.36. The summed E-state index contributed by atoms with van der Waals surface area (Å²) >= 11 is 0. The fourth-order valence-electron chi connectivity index (χ4n) is 1.08. The fraction of sp³-hybridized carbons (Fsp3) is 0.375. The minimum absolute atomic E-state index is 0.219. The summed E-state index contributed by atoms with van der Waals surface area (Å²) in [4.78, 5) is 32.4. The maximum absolute atomic E-state index is 11.4. The number of aliphatic carboxylic acids is 2. The molecule has 3 N–H and O–H groups in total. The first-order chi connectivity index (χ1) is 7.99. The predicted molar refractivity (Wildman–Crippen MR) is 51.8 cm³/mol. The molecular weight excluding hydrogens is 232 g/mol. The molecule has 1 aromatic heterocycles. The van der Waals surface area contributed by atoms with Gasteiger partial charge >= 0.3 is 11.9 Å².